The SMILES string of the molecule is CCNCc1ccc(C)cc1-c1ccccc1C. The molecule has 0 radical (unpaired) electrons. The molecule has 0 unspecified atom stereocenters. The molecular formula is C17H21N. The molecule has 0 atom stereocenters. The van der Waals surface area contributed by atoms with E-state index in [4.69, 9.17) is 0 Å². The van der Waals surface area contributed by atoms with E-state index in [1.807, 2.05) is 0 Å². The third-order valence-corrected chi connectivity index (χ3v) is 3.27. The average molecular weight is 239 g/mol. The van der Waals surface area contributed by atoms with Gasteiger partial charge in [-0.1, -0.05) is 55.0 Å². The second-order valence-electron chi connectivity index (χ2n) is 4.76. The first-order valence-electron chi connectivity index (χ1n) is 6.58. The van der Waals surface area contributed by atoms with Gasteiger partial charge < -0.3 is 5.32 Å². The zero-order valence-electron chi connectivity index (χ0n) is 11.5. The van der Waals surface area contributed by atoms with Crippen molar-refractivity contribution < 1.29 is 0 Å². The number of aryl methyl sites for hydroxylation is 2. The molecule has 18 heavy (non-hydrogen) atoms. The molecule has 0 bridgehead atoms. The molecule has 2 aromatic rings. The molecular weight excluding hydrogens is 218 g/mol. The van der Waals surface area contributed by atoms with Gasteiger partial charge in [-0.3, -0.25) is 0 Å². The van der Waals surface area contributed by atoms with Gasteiger partial charge in [0.05, 0.1) is 0 Å². The molecule has 94 valence electrons. The third kappa shape index (κ3) is 2.80. The summed E-state index contributed by atoms with van der Waals surface area (Å²) in [6.07, 6.45) is 0. The van der Waals surface area contributed by atoms with Gasteiger partial charge >= 0.3 is 0 Å². The molecule has 0 fully saturated rings. The number of nitrogens with one attached hydrogen (secondary N) is 1. The van der Waals surface area contributed by atoms with Crippen molar-refractivity contribution in [3.63, 3.8) is 0 Å². The molecule has 0 heterocycles. The van der Waals surface area contributed by atoms with Crippen molar-refractivity contribution in [1.29, 1.82) is 0 Å². The van der Waals surface area contributed by atoms with E-state index in [1.54, 1.807) is 0 Å². The highest BCUT2D eigenvalue weighted by Gasteiger charge is 2.07. The molecule has 0 aliphatic rings. The summed E-state index contributed by atoms with van der Waals surface area (Å²) < 4.78 is 0. The monoisotopic (exact) mass is 239 g/mol. The van der Waals surface area contributed by atoms with Crippen molar-refractivity contribution >= 4 is 0 Å². The predicted octanol–water partition coefficient (Wildman–Crippen LogP) is 4.08. The Morgan fingerprint density at radius 2 is 1.72 bits per heavy atom. The first-order chi connectivity index (χ1) is 8.72. The molecule has 0 aliphatic carbocycles. The van der Waals surface area contributed by atoms with Crippen LogP contribution in [0.25, 0.3) is 11.1 Å². The van der Waals surface area contributed by atoms with Crippen molar-refractivity contribution in [2.75, 3.05) is 6.54 Å². The standard InChI is InChI=1S/C17H21N/c1-4-18-12-15-10-9-13(2)11-17(15)16-8-6-5-7-14(16)3/h5-11,18H,4,12H2,1-3H3. The maximum Gasteiger partial charge on any atom is 0.0211 e. The van der Waals surface area contributed by atoms with Gasteiger partial charge in [0, 0.05) is 6.54 Å². The molecule has 0 spiro atoms. The molecule has 0 aromatic heterocycles. The van der Waals surface area contributed by atoms with E-state index in [-0.39, 0.29) is 0 Å². The van der Waals surface area contributed by atoms with E-state index in [9.17, 15) is 0 Å². The van der Waals surface area contributed by atoms with E-state index in [0.717, 1.165) is 13.1 Å². The Balaban J connectivity index is 2.48. The van der Waals surface area contributed by atoms with Gasteiger partial charge in [0.2, 0.25) is 0 Å². The Bertz CT molecular complexity index is 529. The summed E-state index contributed by atoms with van der Waals surface area (Å²) in [4.78, 5) is 0. The highest BCUT2D eigenvalue weighted by Crippen LogP contribution is 2.27. The molecule has 1 nitrogen and oxygen atoms in total. The van der Waals surface area contributed by atoms with Crippen LogP contribution < -0.4 is 5.32 Å². The topological polar surface area (TPSA) is 12.0 Å². The summed E-state index contributed by atoms with van der Waals surface area (Å²) >= 11 is 0. The fraction of sp³-hybridized carbons (Fsp3) is 0.294. The van der Waals surface area contributed by atoms with Gasteiger partial charge in [-0.15, -0.1) is 0 Å². The van der Waals surface area contributed by atoms with Crippen LogP contribution in [-0.2, 0) is 6.54 Å². The van der Waals surface area contributed by atoms with E-state index >= 15 is 0 Å². The fourth-order valence-electron chi connectivity index (χ4n) is 2.23. The Kier molecular flexibility index (Phi) is 4.16. The summed E-state index contributed by atoms with van der Waals surface area (Å²) in [5.41, 5.74) is 6.72. The highest BCUT2D eigenvalue weighted by molar-refractivity contribution is 5.71. The molecule has 2 aromatic carbocycles. The minimum atomic E-state index is 0.931. The van der Waals surface area contributed by atoms with E-state index < -0.39 is 0 Å². The number of hydrogen-bond donors (Lipinski definition) is 1. The largest absolute Gasteiger partial charge is 0.313 e. The summed E-state index contributed by atoms with van der Waals surface area (Å²) in [6.45, 7) is 8.40. The second kappa shape index (κ2) is 5.83. The van der Waals surface area contributed by atoms with Gasteiger partial charge in [0.15, 0.2) is 0 Å². The number of hydrogen-bond acceptors (Lipinski definition) is 1. The van der Waals surface area contributed by atoms with Gasteiger partial charge in [-0.05, 0) is 42.6 Å². The van der Waals surface area contributed by atoms with E-state index in [2.05, 4.69) is 68.6 Å². The van der Waals surface area contributed by atoms with Crippen LogP contribution in [0.2, 0.25) is 0 Å². The minimum absolute atomic E-state index is 0.931. The average Bonchev–Trinajstić information content (AvgIpc) is 2.38. The van der Waals surface area contributed by atoms with Crippen LogP contribution in [0.5, 0.6) is 0 Å². The van der Waals surface area contributed by atoms with E-state index in [1.165, 1.54) is 27.8 Å². The third-order valence-electron chi connectivity index (χ3n) is 3.27. The zero-order valence-corrected chi connectivity index (χ0v) is 11.5. The maximum atomic E-state index is 3.41. The lowest BCUT2D eigenvalue weighted by atomic mass is 9.94. The van der Waals surface area contributed by atoms with Crippen molar-refractivity contribution in [3.05, 3.63) is 59.2 Å². The van der Waals surface area contributed by atoms with Crippen LogP contribution in [0, 0.1) is 13.8 Å². The molecule has 0 saturated carbocycles. The zero-order chi connectivity index (χ0) is 13.0. The van der Waals surface area contributed by atoms with Crippen LogP contribution in [-0.4, -0.2) is 6.54 Å². The van der Waals surface area contributed by atoms with E-state index in [0.29, 0.717) is 0 Å². The Morgan fingerprint density at radius 3 is 2.44 bits per heavy atom. The summed E-state index contributed by atoms with van der Waals surface area (Å²) in [6, 6.07) is 15.3. The lowest BCUT2D eigenvalue weighted by Gasteiger charge is -2.13. The highest BCUT2D eigenvalue weighted by atomic mass is 14.8. The van der Waals surface area contributed by atoms with Gasteiger partial charge in [0.25, 0.3) is 0 Å². The van der Waals surface area contributed by atoms with Crippen molar-refractivity contribution in [2.24, 2.45) is 0 Å². The van der Waals surface area contributed by atoms with Crippen LogP contribution >= 0.6 is 0 Å². The van der Waals surface area contributed by atoms with Crippen molar-refractivity contribution in [3.8, 4) is 11.1 Å². The first kappa shape index (κ1) is 12.8. The summed E-state index contributed by atoms with van der Waals surface area (Å²) in [5.74, 6) is 0. The normalized spacial score (nSPS) is 10.6. The van der Waals surface area contributed by atoms with Crippen LogP contribution in [0.1, 0.15) is 23.6 Å². The maximum absolute atomic E-state index is 3.41. The van der Waals surface area contributed by atoms with Crippen LogP contribution in [0.3, 0.4) is 0 Å². The number of benzene rings is 2. The van der Waals surface area contributed by atoms with Gasteiger partial charge in [-0.25, -0.2) is 0 Å². The predicted molar refractivity (Wildman–Crippen MR) is 78.7 cm³/mol. The molecule has 0 saturated heterocycles. The molecule has 0 amide bonds. The first-order valence-corrected chi connectivity index (χ1v) is 6.58. The van der Waals surface area contributed by atoms with Gasteiger partial charge in [0.1, 0.15) is 0 Å². The van der Waals surface area contributed by atoms with Crippen molar-refractivity contribution in [2.45, 2.75) is 27.3 Å². The summed E-state index contributed by atoms with van der Waals surface area (Å²) in [7, 11) is 0. The molecule has 1 heteroatoms. The molecule has 0 aliphatic heterocycles. The van der Waals surface area contributed by atoms with Crippen LogP contribution in [0.4, 0.5) is 0 Å². The lowest BCUT2D eigenvalue weighted by molar-refractivity contribution is 0.727. The van der Waals surface area contributed by atoms with Crippen LogP contribution in [0.15, 0.2) is 42.5 Å². The van der Waals surface area contributed by atoms with Crippen molar-refractivity contribution in [1.82, 2.24) is 5.32 Å². The summed E-state index contributed by atoms with van der Waals surface area (Å²) in [5, 5.41) is 3.41. The Labute approximate surface area is 110 Å². The minimum Gasteiger partial charge on any atom is -0.313 e. The van der Waals surface area contributed by atoms with Gasteiger partial charge in [-0.2, -0.15) is 0 Å². The lowest BCUT2D eigenvalue weighted by Crippen LogP contribution is -2.12. The Hall–Kier alpha value is -1.60. The number of rotatable bonds is 4. The molecule has 1 N–H and O–H groups in total. The smallest absolute Gasteiger partial charge is 0.0211 e. The molecule has 2 rings (SSSR count). The quantitative estimate of drug-likeness (QED) is 0.847. The fourth-order valence-corrected chi connectivity index (χ4v) is 2.23. The second-order valence-corrected chi connectivity index (χ2v) is 4.76. The Morgan fingerprint density at radius 1 is 0.944 bits per heavy atom.